The fourth-order valence-corrected chi connectivity index (χ4v) is 4.00. The number of H-pyrrole nitrogens is 1. The summed E-state index contributed by atoms with van der Waals surface area (Å²) in [6.45, 7) is 6.68. The standard InChI is InChI=1S/C18H25N3O/c1-13-5-3-9-21(11-13)12-15-14-6-2-8-19-18(14)20-17(15)16-7-4-10-22-16/h2,6,8,13,16H,3-5,7,9-12H2,1H3,(H,19,20)/t13-,16+/m1/s1. The Bertz CT molecular complexity index is 645. The minimum Gasteiger partial charge on any atom is -0.372 e. The molecule has 22 heavy (non-hydrogen) atoms. The summed E-state index contributed by atoms with van der Waals surface area (Å²) in [4.78, 5) is 10.7. The average Bonchev–Trinajstić information content (AvgIpc) is 3.15. The monoisotopic (exact) mass is 299 g/mol. The van der Waals surface area contributed by atoms with Crippen LogP contribution in [-0.4, -0.2) is 34.6 Å². The van der Waals surface area contributed by atoms with Gasteiger partial charge in [0.15, 0.2) is 0 Å². The molecule has 0 bridgehead atoms. The van der Waals surface area contributed by atoms with Gasteiger partial charge in [0.2, 0.25) is 0 Å². The van der Waals surface area contributed by atoms with Crippen molar-refractivity contribution < 1.29 is 4.74 Å². The molecule has 2 saturated heterocycles. The predicted molar refractivity (Wildman–Crippen MR) is 87.7 cm³/mol. The quantitative estimate of drug-likeness (QED) is 0.940. The first-order valence-electron chi connectivity index (χ1n) is 8.60. The molecule has 2 aliphatic heterocycles. The lowest BCUT2D eigenvalue weighted by Gasteiger charge is -2.31. The van der Waals surface area contributed by atoms with Crippen LogP contribution in [0.3, 0.4) is 0 Å². The third-order valence-corrected chi connectivity index (χ3v) is 5.09. The highest BCUT2D eigenvalue weighted by molar-refractivity contribution is 5.81. The van der Waals surface area contributed by atoms with E-state index in [-0.39, 0.29) is 6.10 Å². The van der Waals surface area contributed by atoms with Crippen LogP contribution in [0.5, 0.6) is 0 Å². The van der Waals surface area contributed by atoms with Crippen LogP contribution >= 0.6 is 0 Å². The third kappa shape index (κ3) is 2.66. The molecular weight excluding hydrogens is 274 g/mol. The van der Waals surface area contributed by atoms with Crippen LogP contribution in [0.25, 0.3) is 11.0 Å². The number of hydrogen-bond donors (Lipinski definition) is 1. The van der Waals surface area contributed by atoms with E-state index in [9.17, 15) is 0 Å². The second kappa shape index (κ2) is 6.01. The molecule has 2 atom stereocenters. The van der Waals surface area contributed by atoms with Crippen LogP contribution in [0, 0.1) is 5.92 Å². The van der Waals surface area contributed by atoms with Gasteiger partial charge in [-0.1, -0.05) is 6.92 Å². The fraction of sp³-hybridized carbons (Fsp3) is 0.611. The number of nitrogens with zero attached hydrogens (tertiary/aromatic N) is 2. The summed E-state index contributed by atoms with van der Waals surface area (Å²) in [7, 11) is 0. The maximum absolute atomic E-state index is 5.94. The Balaban J connectivity index is 1.68. The molecule has 118 valence electrons. The zero-order valence-corrected chi connectivity index (χ0v) is 13.3. The molecule has 4 heterocycles. The second-order valence-corrected chi connectivity index (χ2v) is 6.90. The molecule has 2 fully saturated rings. The van der Waals surface area contributed by atoms with Gasteiger partial charge in [-0.15, -0.1) is 0 Å². The lowest BCUT2D eigenvalue weighted by atomic mass is 9.99. The molecule has 0 amide bonds. The van der Waals surface area contributed by atoms with Crippen LogP contribution in [0.4, 0.5) is 0 Å². The van der Waals surface area contributed by atoms with Crippen LogP contribution in [0.1, 0.15) is 50.0 Å². The lowest BCUT2D eigenvalue weighted by Crippen LogP contribution is -2.34. The minimum absolute atomic E-state index is 0.228. The molecule has 4 nitrogen and oxygen atoms in total. The van der Waals surface area contributed by atoms with Crippen molar-refractivity contribution in [3.05, 3.63) is 29.6 Å². The molecule has 2 aromatic rings. The second-order valence-electron chi connectivity index (χ2n) is 6.90. The average molecular weight is 299 g/mol. The van der Waals surface area contributed by atoms with Gasteiger partial charge in [0.25, 0.3) is 0 Å². The minimum atomic E-state index is 0.228. The van der Waals surface area contributed by atoms with Gasteiger partial charge in [-0.25, -0.2) is 4.98 Å². The fourth-order valence-electron chi connectivity index (χ4n) is 4.00. The van der Waals surface area contributed by atoms with E-state index in [4.69, 9.17) is 4.74 Å². The first-order chi connectivity index (χ1) is 10.8. The molecule has 2 aliphatic rings. The topological polar surface area (TPSA) is 41.1 Å². The van der Waals surface area contributed by atoms with Crippen molar-refractivity contribution in [1.82, 2.24) is 14.9 Å². The number of piperidine rings is 1. The molecule has 0 aromatic carbocycles. The van der Waals surface area contributed by atoms with Crippen LogP contribution in [-0.2, 0) is 11.3 Å². The summed E-state index contributed by atoms with van der Waals surface area (Å²) in [5.74, 6) is 0.809. The smallest absolute Gasteiger partial charge is 0.137 e. The molecule has 4 rings (SSSR count). The van der Waals surface area contributed by atoms with Crippen LogP contribution < -0.4 is 0 Å². The highest BCUT2D eigenvalue weighted by atomic mass is 16.5. The molecule has 0 spiro atoms. The highest BCUT2D eigenvalue weighted by Gasteiger charge is 2.26. The van der Waals surface area contributed by atoms with Gasteiger partial charge in [0.05, 0.1) is 11.8 Å². The van der Waals surface area contributed by atoms with Crippen molar-refractivity contribution in [1.29, 1.82) is 0 Å². The Morgan fingerprint density at radius 1 is 1.36 bits per heavy atom. The van der Waals surface area contributed by atoms with E-state index in [1.807, 2.05) is 12.3 Å². The highest BCUT2D eigenvalue weighted by Crippen LogP contribution is 2.34. The number of nitrogens with one attached hydrogen (secondary N) is 1. The van der Waals surface area contributed by atoms with Crippen molar-refractivity contribution >= 4 is 11.0 Å². The molecule has 2 aromatic heterocycles. The van der Waals surface area contributed by atoms with Gasteiger partial charge in [0.1, 0.15) is 5.65 Å². The number of rotatable bonds is 3. The maximum Gasteiger partial charge on any atom is 0.137 e. The van der Waals surface area contributed by atoms with Crippen molar-refractivity contribution in [2.75, 3.05) is 19.7 Å². The first kappa shape index (κ1) is 14.2. The van der Waals surface area contributed by atoms with E-state index in [1.54, 1.807) is 0 Å². The van der Waals surface area contributed by atoms with Crippen molar-refractivity contribution in [3.63, 3.8) is 0 Å². The summed E-state index contributed by atoms with van der Waals surface area (Å²) in [6, 6.07) is 4.23. The molecule has 0 saturated carbocycles. The van der Waals surface area contributed by atoms with Gasteiger partial charge >= 0.3 is 0 Å². The Labute approximate surface area is 131 Å². The van der Waals surface area contributed by atoms with Crippen LogP contribution in [0.2, 0.25) is 0 Å². The summed E-state index contributed by atoms with van der Waals surface area (Å²) in [6.07, 6.45) is 7.06. The maximum atomic E-state index is 5.94. The predicted octanol–water partition coefficient (Wildman–Crippen LogP) is 3.65. The zero-order valence-electron chi connectivity index (χ0n) is 13.3. The lowest BCUT2D eigenvalue weighted by molar-refractivity contribution is 0.106. The van der Waals surface area contributed by atoms with Gasteiger partial charge in [-0.2, -0.15) is 0 Å². The summed E-state index contributed by atoms with van der Waals surface area (Å²) in [5.41, 5.74) is 3.68. The van der Waals surface area contributed by atoms with E-state index in [0.717, 1.165) is 37.6 Å². The Morgan fingerprint density at radius 3 is 3.14 bits per heavy atom. The molecule has 1 N–H and O–H groups in total. The molecule has 0 unspecified atom stereocenters. The van der Waals surface area contributed by atoms with Gasteiger partial charge < -0.3 is 9.72 Å². The number of fused-ring (bicyclic) bond motifs is 1. The number of likely N-dealkylation sites (tertiary alicyclic amines) is 1. The van der Waals surface area contributed by atoms with Crippen LogP contribution in [0.15, 0.2) is 18.3 Å². The molecule has 0 aliphatic carbocycles. The van der Waals surface area contributed by atoms with Crippen molar-refractivity contribution in [3.8, 4) is 0 Å². The number of pyridine rings is 1. The zero-order chi connectivity index (χ0) is 14.9. The largest absolute Gasteiger partial charge is 0.372 e. The normalized spacial score (nSPS) is 26.8. The van der Waals surface area contributed by atoms with E-state index in [1.165, 1.54) is 42.6 Å². The Morgan fingerprint density at radius 2 is 2.32 bits per heavy atom. The van der Waals surface area contributed by atoms with Gasteiger partial charge in [-0.3, -0.25) is 4.90 Å². The summed E-state index contributed by atoms with van der Waals surface area (Å²) >= 11 is 0. The van der Waals surface area contributed by atoms with E-state index in [2.05, 4.69) is 27.9 Å². The van der Waals surface area contributed by atoms with Crippen molar-refractivity contribution in [2.24, 2.45) is 5.92 Å². The van der Waals surface area contributed by atoms with Gasteiger partial charge in [0, 0.05) is 31.3 Å². The number of aromatic nitrogens is 2. The number of ether oxygens (including phenoxy) is 1. The third-order valence-electron chi connectivity index (χ3n) is 5.09. The Hall–Kier alpha value is -1.39. The molecule has 4 heteroatoms. The number of aromatic amines is 1. The van der Waals surface area contributed by atoms with Gasteiger partial charge in [-0.05, 0) is 55.8 Å². The first-order valence-corrected chi connectivity index (χ1v) is 8.60. The SMILES string of the molecule is C[C@@H]1CCCN(Cc2c([C@@H]3CCCO3)[nH]c3ncccc23)C1. The van der Waals surface area contributed by atoms with Crippen molar-refractivity contribution in [2.45, 2.75) is 45.3 Å². The molecular formula is C18H25N3O. The molecule has 0 radical (unpaired) electrons. The summed E-state index contributed by atoms with van der Waals surface area (Å²) in [5, 5.41) is 1.27. The summed E-state index contributed by atoms with van der Waals surface area (Å²) < 4.78 is 5.94. The number of hydrogen-bond acceptors (Lipinski definition) is 3. The van der Waals surface area contributed by atoms with E-state index in [0.29, 0.717) is 0 Å². The van der Waals surface area contributed by atoms with E-state index >= 15 is 0 Å². The Kier molecular flexibility index (Phi) is 3.89. The van der Waals surface area contributed by atoms with E-state index < -0.39 is 0 Å².